The summed E-state index contributed by atoms with van der Waals surface area (Å²) in [6, 6.07) is 7.69. The summed E-state index contributed by atoms with van der Waals surface area (Å²) in [5, 5.41) is 2.60. The molecule has 0 aliphatic carbocycles. The fourth-order valence-electron chi connectivity index (χ4n) is 2.12. The Morgan fingerprint density at radius 1 is 1.26 bits per heavy atom. The van der Waals surface area contributed by atoms with E-state index in [4.69, 9.17) is 13.6 Å². The zero-order chi connectivity index (χ0) is 16.4. The minimum absolute atomic E-state index is 0.0484. The van der Waals surface area contributed by atoms with Crippen molar-refractivity contribution in [3.05, 3.63) is 58.0 Å². The number of carbonyl (C=O) groups excluding carboxylic acids is 1. The van der Waals surface area contributed by atoms with Gasteiger partial charge < -0.3 is 18.9 Å². The van der Waals surface area contributed by atoms with Crippen LogP contribution in [0.15, 0.2) is 44.0 Å². The predicted molar refractivity (Wildman–Crippen MR) is 81.4 cm³/mol. The summed E-state index contributed by atoms with van der Waals surface area (Å²) in [6.07, 6.45) is 0. The van der Waals surface area contributed by atoms with E-state index in [9.17, 15) is 9.59 Å². The van der Waals surface area contributed by atoms with E-state index in [2.05, 4.69) is 10.3 Å². The van der Waals surface area contributed by atoms with Gasteiger partial charge in [0.25, 0.3) is 5.91 Å². The Balaban J connectivity index is 1.74. The molecule has 7 heteroatoms. The number of amides is 1. The second kappa shape index (κ2) is 5.96. The number of hydrogen-bond acceptors (Lipinski definition) is 6. The lowest BCUT2D eigenvalue weighted by Gasteiger charge is -2.02. The smallest absolute Gasteiger partial charge is 0.287 e. The molecule has 0 aliphatic rings. The molecule has 0 aliphatic heterocycles. The van der Waals surface area contributed by atoms with Crippen LogP contribution >= 0.6 is 0 Å². The fraction of sp³-hybridized carbons (Fsp3) is 0.188. The SMILES string of the molecule is COc1ccc2oc(CNC(=O)c3cc(=O)cc(C)o3)nc2c1. The first-order valence-electron chi connectivity index (χ1n) is 6.88. The highest BCUT2D eigenvalue weighted by Gasteiger charge is 2.12. The molecule has 7 nitrogen and oxygen atoms in total. The molecule has 3 aromatic rings. The minimum atomic E-state index is -0.509. The Morgan fingerprint density at radius 2 is 2.09 bits per heavy atom. The molecule has 0 saturated carbocycles. The maximum atomic E-state index is 12.0. The molecule has 0 unspecified atom stereocenters. The summed E-state index contributed by atoms with van der Waals surface area (Å²) in [4.78, 5) is 27.7. The Hall–Kier alpha value is -3.09. The van der Waals surface area contributed by atoms with Gasteiger partial charge >= 0.3 is 0 Å². The maximum absolute atomic E-state index is 12.0. The highest BCUT2D eigenvalue weighted by Crippen LogP contribution is 2.21. The van der Waals surface area contributed by atoms with Crippen molar-refractivity contribution in [3.8, 4) is 5.75 Å². The van der Waals surface area contributed by atoms with Gasteiger partial charge in [0.15, 0.2) is 16.8 Å². The highest BCUT2D eigenvalue weighted by atomic mass is 16.5. The van der Waals surface area contributed by atoms with Crippen LogP contribution in [-0.2, 0) is 6.54 Å². The Labute approximate surface area is 130 Å². The van der Waals surface area contributed by atoms with E-state index in [0.717, 1.165) is 6.07 Å². The third-order valence-electron chi connectivity index (χ3n) is 3.15. The van der Waals surface area contributed by atoms with Crippen molar-refractivity contribution in [1.29, 1.82) is 0 Å². The second-order valence-corrected chi connectivity index (χ2v) is 4.89. The van der Waals surface area contributed by atoms with Crippen LogP contribution in [0.2, 0.25) is 0 Å². The first-order valence-corrected chi connectivity index (χ1v) is 6.88. The van der Waals surface area contributed by atoms with E-state index in [0.29, 0.717) is 28.5 Å². The lowest BCUT2D eigenvalue weighted by molar-refractivity contribution is 0.0915. The van der Waals surface area contributed by atoms with Gasteiger partial charge in [-0.2, -0.15) is 0 Å². The van der Waals surface area contributed by atoms with E-state index < -0.39 is 5.91 Å². The van der Waals surface area contributed by atoms with Crippen molar-refractivity contribution >= 4 is 17.0 Å². The summed E-state index contributed by atoms with van der Waals surface area (Å²) in [5.41, 5.74) is 0.945. The summed E-state index contributed by atoms with van der Waals surface area (Å²) in [7, 11) is 1.57. The van der Waals surface area contributed by atoms with Crippen molar-refractivity contribution in [1.82, 2.24) is 10.3 Å². The van der Waals surface area contributed by atoms with Crippen LogP contribution < -0.4 is 15.5 Å². The number of oxazole rings is 1. The normalized spacial score (nSPS) is 10.7. The molecule has 0 radical (unpaired) electrons. The van der Waals surface area contributed by atoms with Gasteiger partial charge in [0.05, 0.1) is 13.7 Å². The van der Waals surface area contributed by atoms with Crippen molar-refractivity contribution in [2.24, 2.45) is 0 Å². The van der Waals surface area contributed by atoms with E-state index in [1.807, 2.05) is 0 Å². The third-order valence-corrected chi connectivity index (χ3v) is 3.15. The van der Waals surface area contributed by atoms with Gasteiger partial charge in [0.1, 0.15) is 17.0 Å². The minimum Gasteiger partial charge on any atom is -0.497 e. The van der Waals surface area contributed by atoms with Gasteiger partial charge in [0, 0.05) is 18.2 Å². The topological polar surface area (TPSA) is 94.6 Å². The van der Waals surface area contributed by atoms with Crippen LogP contribution in [0.1, 0.15) is 22.2 Å². The summed E-state index contributed by atoms with van der Waals surface area (Å²) >= 11 is 0. The van der Waals surface area contributed by atoms with Crippen molar-refractivity contribution in [2.75, 3.05) is 7.11 Å². The largest absolute Gasteiger partial charge is 0.497 e. The van der Waals surface area contributed by atoms with E-state index in [1.165, 1.54) is 6.07 Å². The lowest BCUT2D eigenvalue weighted by atomic mass is 10.3. The molecular formula is C16H14N2O5. The average molecular weight is 314 g/mol. The first kappa shape index (κ1) is 14.8. The number of hydrogen-bond donors (Lipinski definition) is 1. The molecule has 3 rings (SSSR count). The molecule has 0 saturated heterocycles. The number of benzene rings is 1. The number of methoxy groups -OCH3 is 1. The van der Waals surface area contributed by atoms with Crippen LogP contribution in [0.5, 0.6) is 5.75 Å². The number of ether oxygens (including phenoxy) is 1. The molecule has 0 spiro atoms. The molecule has 23 heavy (non-hydrogen) atoms. The number of rotatable bonds is 4. The van der Waals surface area contributed by atoms with Gasteiger partial charge in [-0.25, -0.2) is 4.98 Å². The van der Waals surface area contributed by atoms with Gasteiger partial charge in [-0.3, -0.25) is 9.59 Å². The van der Waals surface area contributed by atoms with Crippen LogP contribution in [0.3, 0.4) is 0 Å². The quantitative estimate of drug-likeness (QED) is 0.791. The van der Waals surface area contributed by atoms with Gasteiger partial charge in [-0.1, -0.05) is 0 Å². The molecule has 1 aromatic carbocycles. The van der Waals surface area contributed by atoms with Crippen molar-refractivity contribution < 1.29 is 18.4 Å². The molecule has 0 atom stereocenters. The number of fused-ring (bicyclic) bond motifs is 1. The summed E-state index contributed by atoms with van der Waals surface area (Å²) in [5.74, 6) is 0.828. The summed E-state index contributed by atoms with van der Waals surface area (Å²) in [6.45, 7) is 1.68. The zero-order valence-electron chi connectivity index (χ0n) is 12.6. The fourth-order valence-corrected chi connectivity index (χ4v) is 2.12. The first-order chi connectivity index (χ1) is 11.0. The Kier molecular flexibility index (Phi) is 3.84. The molecule has 0 bridgehead atoms. The standard InChI is InChI=1S/C16H14N2O5/c1-9-5-10(19)6-14(22-9)16(20)17-8-15-18-12-7-11(21-2)3-4-13(12)23-15/h3-7H,8H2,1-2H3,(H,17,20). The molecule has 1 N–H and O–H groups in total. The Bertz CT molecular complexity index is 926. The predicted octanol–water partition coefficient (Wildman–Crippen LogP) is 2.03. The number of nitrogens with one attached hydrogen (secondary N) is 1. The van der Waals surface area contributed by atoms with Crippen molar-refractivity contribution in [3.63, 3.8) is 0 Å². The number of aryl methyl sites for hydroxylation is 1. The monoisotopic (exact) mass is 314 g/mol. The van der Waals surface area contributed by atoms with Gasteiger partial charge in [0.2, 0.25) is 5.89 Å². The molecule has 2 heterocycles. The van der Waals surface area contributed by atoms with Gasteiger partial charge in [-0.05, 0) is 19.1 Å². The number of nitrogens with zero attached hydrogens (tertiary/aromatic N) is 1. The zero-order valence-corrected chi connectivity index (χ0v) is 12.6. The molecule has 1 amide bonds. The highest BCUT2D eigenvalue weighted by molar-refractivity contribution is 5.91. The number of aromatic nitrogens is 1. The van der Waals surface area contributed by atoms with E-state index in [1.54, 1.807) is 32.2 Å². The Morgan fingerprint density at radius 3 is 2.83 bits per heavy atom. The number of carbonyl (C=O) groups is 1. The van der Waals surface area contributed by atoms with E-state index >= 15 is 0 Å². The lowest BCUT2D eigenvalue weighted by Crippen LogP contribution is -2.24. The summed E-state index contributed by atoms with van der Waals surface area (Å²) < 4.78 is 15.9. The average Bonchev–Trinajstić information content (AvgIpc) is 2.93. The van der Waals surface area contributed by atoms with Crippen LogP contribution in [0.25, 0.3) is 11.1 Å². The van der Waals surface area contributed by atoms with Crippen molar-refractivity contribution in [2.45, 2.75) is 13.5 Å². The molecule has 118 valence electrons. The molecule has 2 aromatic heterocycles. The molecule has 0 fully saturated rings. The second-order valence-electron chi connectivity index (χ2n) is 4.89. The molecular weight excluding hydrogens is 300 g/mol. The third kappa shape index (κ3) is 3.23. The van der Waals surface area contributed by atoms with Crippen LogP contribution in [0.4, 0.5) is 0 Å². The van der Waals surface area contributed by atoms with Crippen LogP contribution in [-0.4, -0.2) is 18.0 Å². The van der Waals surface area contributed by atoms with Crippen LogP contribution in [0, 0.1) is 6.92 Å². The van der Waals surface area contributed by atoms with E-state index in [-0.39, 0.29) is 17.7 Å². The van der Waals surface area contributed by atoms with Gasteiger partial charge in [-0.15, -0.1) is 0 Å². The maximum Gasteiger partial charge on any atom is 0.287 e.